The largest absolute Gasteiger partial charge is 0.488 e. The number of fused-ring (bicyclic) bond motifs is 7. The van der Waals surface area contributed by atoms with Crippen molar-refractivity contribution < 1.29 is 24.0 Å². The highest BCUT2D eigenvalue weighted by Crippen LogP contribution is 2.53. The standard InChI is InChI=1S/C34H39BN3O5/c1-32(2,3)42-31(39)38-26-14-19(26)15-27(38)30-36-25-11-8-18-13-24-22-10-9-21(35-43-34(6,7)33(4,5)40)12-20(22)17-41-28(24)16-23(18)29(25)37-30/h8-13,16,19,26-27,40H,14-15,17H2,1-7H3,(H,36,37)/t19-,26-,27+/m1/s1. The molecule has 43 heavy (non-hydrogen) atoms. The second-order valence-electron chi connectivity index (χ2n) is 14.4. The topological polar surface area (TPSA) is 96.9 Å². The van der Waals surface area contributed by atoms with Gasteiger partial charge in [0.15, 0.2) is 0 Å². The predicted octanol–water partition coefficient (Wildman–Crippen LogP) is 6.16. The van der Waals surface area contributed by atoms with Gasteiger partial charge in [0.25, 0.3) is 0 Å². The molecule has 1 amide bonds. The Kier molecular flexibility index (Phi) is 6.22. The summed E-state index contributed by atoms with van der Waals surface area (Å²) in [5.74, 6) is 2.15. The minimum atomic E-state index is -0.990. The number of aliphatic hydroxyl groups is 1. The maximum Gasteiger partial charge on any atom is 0.411 e. The van der Waals surface area contributed by atoms with E-state index in [9.17, 15) is 9.90 Å². The first-order chi connectivity index (χ1) is 20.2. The number of ether oxygens (including phenoxy) is 2. The van der Waals surface area contributed by atoms with Crippen LogP contribution in [0.5, 0.6) is 5.75 Å². The first-order valence-corrected chi connectivity index (χ1v) is 15.2. The molecule has 9 heteroatoms. The minimum absolute atomic E-state index is 0.120. The Balaban J connectivity index is 1.19. The van der Waals surface area contributed by atoms with Gasteiger partial charge in [-0.3, -0.25) is 4.90 Å². The van der Waals surface area contributed by atoms with Crippen LogP contribution in [0.3, 0.4) is 0 Å². The molecule has 0 spiro atoms. The Morgan fingerprint density at radius 1 is 1.05 bits per heavy atom. The third kappa shape index (κ3) is 4.96. The van der Waals surface area contributed by atoms with Crippen LogP contribution in [0.4, 0.5) is 4.79 Å². The van der Waals surface area contributed by atoms with Gasteiger partial charge in [-0.25, -0.2) is 9.78 Å². The fourth-order valence-corrected chi connectivity index (χ4v) is 6.19. The number of nitrogens with zero attached hydrogens (tertiary/aromatic N) is 2. The van der Waals surface area contributed by atoms with Crippen molar-refractivity contribution in [2.45, 2.75) is 96.8 Å². The summed E-state index contributed by atoms with van der Waals surface area (Å²) in [5.41, 5.74) is 3.71. The number of amides is 1. The normalized spacial score (nSPS) is 21.3. The van der Waals surface area contributed by atoms with Crippen molar-refractivity contribution in [2.24, 2.45) is 5.92 Å². The highest BCUT2D eigenvalue weighted by Gasteiger charge is 2.56. The van der Waals surface area contributed by atoms with Crippen LogP contribution in [-0.4, -0.2) is 56.4 Å². The molecule has 8 nitrogen and oxygen atoms in total. The van der Waals surface area contributed by atoms with E-state index in [2.05, 4.69) is 41.4 Å². The highest BCUT2D eigenvalue weighted by atomic mass is 16.6. The van der Waals surface area contributed by atoms with Crippen molar-refractivity contribution in [3.63, 3.8) is 0 Å². The van der Waals surface area contributed by atoms with Crippen molar-refractivity contribution in [1.29, 1.82) is 0 Å². The molecule has 1 saturated carbocycles. The number of aromatic amines is 1. The number of carbonyl (C=O) groups excluding carboxylic acids is 1. The smallest absolute Gasteiger partial charge is 0.411 e. The number of piperidine rings is 1. The van der Waals surface area contributed by atoms with E-state index in [-0.39, 0.29) is 18.2 Å². The fourth-order valence-electron chi connectivity index (χ4n) is 6.19. The molecule has 2 fully saturated rings. The Hall–Kier alpha value is -3.56. The summed E-state index contributed by atoms with van der Waals surface area (Å²) in [6, 6.07) is 14.8. The van der Waals surface area contributed by atoms with Crippen LogP contribution in [0.15, 0.2) is 42.5 Å². The van der Waals surface area contributed by atoms with Crippen molar-refractivity contribution in [3.8, 4) is 16.9 Å². The van der Waals surface area contributed by atoms with Gasteiger partial charge in [0.2, 0.25) is 0 Å². The van der Waals surface area contributed by atoms with Crippen LogP contribution in [0.1, 0.15) is 78.7 Å². The van der Waals surface area contributed by atoms with Gasteiger partial charge < -0.3 is 24.2 Å². The molecule has 3 aliphatic rings. The minimum Gasteiger partial charge on any atom is -0.488 e. The molecule has 223 valence electrons. The molecule has 0 unspecified atom stereocenters. The van der Waals surface area contributed by atoms with Gasteiger partial charge in [0.05, 0.1) is 28.3 Å². The monoisotopic (exact) mass is 580 g/mol. The lowest BCUT2D eigenvalue weighted by atomic mass is 9.80. The molecule has 7 rings (SSSR count). The Morgan fingerprint density at radius 2 is 1.84 bits per heavy atom. The molecule has 3 atom stereocenters. The number of rotatable bonds is 5. The van der Waals surface area contributed by atoms with Gasteiger partial charge in [-0.05, 0) is 102 Å². The first kappa shape index (κ1) is 28.2. The van der Waals surface area contributed by atoms with Crippen molar-refractivity contribution in [3.05, 3.63) is 53.9 Å². The van der Waals surface area contributed by atoms with Gasteiger partial charge >= 0.3 is 13.6 Å². The molecule has 2 N–H and O–H groups in total. The number of likely N-dealkylation sites (tertiary alicyclic amines) is 1. The number of hydrogen-bond acceptors (Lipinski definition) is 6. The average molecular weight is 581 g/mol. The summed E-state index contributed by atoms with van der Waals surface area (Å²) in [5, 5.41) is 12.5. The van der Waals surface area contributed by atoms with Gasteiger partial charge in [0, 0.05) is 17.0 Å². The van der Waals surface area contributed by atoms with E-state index in [1.165, 1.54) is 0 Å². The molecule has 1 radical (unpaired) electrons. The number of hydrogen-bond donors (Lipinski definition) is 2. The molecular formula is C34H39BN3O5. The summed E-state index contributed by atoms with van der Waals surface area (Å²) in [7, 11) is 1.71. The van der Waals surface area contributed by atoms with E-state index < -0.39 is 16.8 Å². The van der Waals surface area contributed by atoms with Crippen LogP contribution in [0, 0.1) is 5.92 Å². The van der Waals surface area contributed by atoms with E-state index >= 15 is 0 Å². The summed E-state index contributed by atoms with van der Waals surface area (Å²) in [6.45, 7) is 13.4. The van der Waals surface area contributed by atoms with Gasteiger partial charge in [-0.1, -0.05) is 29.7 Å². The molecular weight excluding hydrogens is 541 g/mol. The van der Waals surface area contributed by atoms with Crippen LogP contribution in [0.25, 0.3) is 32.9 Å². The van der Waals surface area contributed by atoms with Gasteiger partial charge in [-0.2, -0.15) is 0 Å². The van der Waals surface area contributed by atoms with Crippen molar-refractivity contribution in [1.82, 2.24) is 14.9 Å². The quantitative estimate of drug-likeness (QED) is 0.275. The van der Waals surface area contributed by atoms with Gasteiger partial charge in [0.1, 0.15) is 23.8 Å². The number of H-pyrrole nitrogens is 1. The van der Waals surface area contributed by atoms with E-state index in [0.29, 0.717) is 12.5 Å². The number of imidazole rings is 1. The van der Waals surface area contributed by atoms with E-state index in [1.54, 1.807) is 21.3 Å². The van der Waals surface area contributed by atoms with Crippen molar-refractivity contribution >= 4 is 40.8 Å². The average Bonchev–Trinajstić information content (AvgIpc) is 3.36. The molecule has 2 aliphatic heterocycles. The molecule has 3 heterocycles. The Morgan fingerprint density at radius 3 is 2.58 bits per heavy atom. The second-order valence-corrected chi connectivity index (χ2v) is 14.4. The van der Waals surface area contributed by atoms with Gasteiger partial charge in [-0.15, -0.1) is 0 Å². The zero-order valence-corrected chi connectivity index (χ0v) is 25.9. The van der Waals surface area contributed by atoms with E-state index in [1.807, 2.05) is 45.6 Å². The third-order valence-electron chi connectivity index (χ3n) is 9.38. The summed E-state index contributed by atoms with van der Waals surface area (Å²) >= 11 is 0. The molecule has 1 saturated heterocycles. The number of benzene rings is 3. The number of nitrogens with one attached hydrogen (secondary N) is 1. The van der Waals surface area contributed by atoms with E-state index in [4.69, 9.17) is 19.1 Å². The number of aromatic nitrogens is 2. The Bertz CT molecular complexity index is 1770. The second kappa shape index (κ2) is 9.47. The molecule has 4 aromatic rings. The van der Waals surface area contributed by atoms with Crippen molar-refractivity contribution in [2.75, 3.05) is 0 Å². The Labute approximate surface area is 253 Å². The third-order valence-corrected chi connectivity index (χ3v) is 9.38. The summed E-state index contributed by atoms with van der Waals surface area (Å²) in [6.07, 6.45) is 1.67. The van der Waals surface area contributed by atoms with Crippen LogP contribution in [0.2, 0.25) is 0 Å². The van der Waals surface area contributed by atoms with Crippen LogP contribution >= 0.6 is 0 Å². The lowest BCUT2D eigenvalue weighted by Crippen LogP contribution is -2.49. The van der Waals surface area contributed by atoms with Crippen LogP contribution < -0.4 is 10.2 Å². The molecule has 0 bridgehead atoms. The molecule has 1 aliphatic carbocycles. The molecule has 1 aromatic heterocycles. The maximum absolute atomic E-state index is 13.1. The molecule has 3 aromatic carbocycles. The summed E-state index contributed by atoms with van der Waals surface area (Å²) in [4.78, 5) is 23.6. The SMILES string of the molecule is CC(C)(C)OC(=O)N1[C@@H]2C[C@@H]2C[C@H]1c1nc2c(ccc3cc4c(cc32)OCc2cc([B]OC(C)(C)C(C)(C)O)ccc2-4)[nH]1. The van der Waals surface area contributed by atoms with Crippen LogP contribution in [-0.2, 0) is 16.0 Å². The zero-order chi connectivity index (χ0) is 30.5. The predicted molar refractivity (Wildman–Crippen MR) is 168 cm³/mol. The fraction of sp³-hybridized carbons (Fsp3) is 0.471. The van der Waals surface area contributed by atoms with E-state index in [0.717, 1.165) is 68.4 Å². The highest BCUT2D eigenvalue weighted by molar-refractivity contribution is 6.47. The number of carbonyl (C=O) groups is 1. The zero-order valence-electron chi connectivity index (χ0n) is 25.9. The lowest BCUT2D eigenvalue weighted by Gasteiger charge is -2.37. The lowest BCUT2D eigenvalue weighted by molar-refractivity contribution is -0.0893. The first-order valence-electron chi connectivity index (χ1n) is 15.2. The maximum atomic E-state index is 13.1. The summed E-state index contributed by atoms with van der Waals surface area (Å²) < 4.78 is 18.0.